The molecule has 3 fully saturated rings. The van der Waals surface area contributed by atoms with E-state index < -0.39 is 11.9 Å². The van der Waals surface area contributed by atoms with E-state index in [4.69, 9.17) is 0 Å². The highest BCUT2D eigenvalue weighted by molar-refractivity contribution is 6.08. The van der Waals surface area contributed by atoms with Crippen LogP contribution < -0.4 is 10.6 Å². The maximum Gasteiger partial charge on any atom is 0.317 e. The Kier molecular flexibility index (Phi) is 17.6. The van der Waals surface area contributed by atoms with Gasteiger partial charge in [0.15, 0.2) is 0 Å². The molecule has 344 valence electrons. The Morgan fingerprint density at radius 3 is 1.80 bits per heavy atom. The molecular weight excluding hydrogens is 825 g/mol. The first-order valence-electron chi connectivity index (χ1n) is 22.1. The highest BCUT2D eigenvalue weighted by Crippen LogP contribution is 2.27. The van der Waals surface area contributed by atoms with Crippen molar-refractivity contribution in [3.8, 4) is 11.1 Å². The lowest BCUT2D eigenvalue weighted by Crippen LogP contribution is -2.53. The molecule has 4 N–H and O–H groups in total. The van der Waals surface area contributed by atoms with Crippen molar-refractivity contribution in [1.82, 2.24) is 49.9 Å². The van der Waals surface area contributed by atoms with Crippen LogP contribution in [-0.2, 0) is 24.0 Å². The molecule has 4 amide bonds. The van der Waals surface area contributed by atoms with Gasteiger partial charge in [0.2, 0.25) is 11.8 Å². The van der Waals surface area contributed by atoms with Crippen LogP contribution in [0.15, 0.2) is 54.7 Å². The van der Waals surface area contributed by atoms with Crippen LogP contribution >= 0.6 is 0 Å². The van der Waals surface area contributed by atoms with Gasteiger partial charge in [-0.05, 0) is 54.3 Å². The second kappa shape index (κ2) is 23.7. The number of carbonyl (C=O) groups excluding carboxylic acids is 5. The van der Waals surface area contributed by atoms with Crippen LogP contribution in [0.25, 0.3) is 22.0 Å². The fourth-order valence-corrected chi connectivity index (χ4v) is 8.36. The van der Waals surface area contributed by atoms with Crippen LogP contribution in [0, 0.1) is 0 Å². The molecular formula is C45H60N10O9. The molecule has 3 aliphatic heterocycles. The summed E-state index contributed by atoms with van der Waals surface area (Å²) in [4.78, 5) is 105. The van der Waals surface area contributed by atoms with Crippen molar-refractivity contribution in [1.29, 1.82) is 0 Å². The standard InChI is InChI=1S/C45H60N10O9/c56-27-26-50-14-16-51(18-19-53(33-43(61)62)21-20-52(17-15-50)32-42(59)60)31-41(58)55-24-22-49(23-25-55)13-10-47-44(63)36-5-3-4-34(28-36)35-6-7-39-38(29-35)37(8-9-46-39)45(64)48-30-40(57)54-11-1-2-12-54/h3-9,27-29H,1-2,10-26,30-33H2,(H,47,63)(H,48,64)(H,59,60)(H,61,62). The van der Waals surface area contributed by atoms with E-state index in [0.717, 1.165) is 30.3 Å². The second-order valence-electron chi connectivity index (χ2n) is 16.5. The molecule has 0 aliphatic carbocycles. The Labute approximate surface area is 372 Å². The summed E-state index contributed by atoms with van der Waals surface area (Å²) in [5, 5.41) is 25.3. The molecule has 19 nitrogen and oxygen atoms in total. The topological polar surface area (TPSA) is 220 Å². The van der Waals surface area contributed by atoms with Crippen LogP contribution in [0.5, 0.6) is 0 Å². The second-order valence-corrected chi connectivity index (χ2v) is 16.5. The molecule has 0 saturated carbocycles. The minimum absolute atomic E-state index is 0.0362. The zero-order valence-corrected chi connectivity index (χ0v) is 36.4. The fraction of sp³-hybridized carbons (Fsp3) is 0.511. The summed E-state index contributed by atoms with van der Waals surface area (Å²) in [6, 6.07) is 14.5. The Morgan fingerprint density at radius 1 is 0.594 bits per heavy atom. The average molecular weight is 885 g/mol. The highest BCUT2D eigenvalue weighted by Gasteiger charge is 2.25. The summed E-state index contributed by atoms with van der Waals surface area (Å²) in [7, 11) is 0. The molecule has 6 rings (SSSR count). The maximum atomic E-state index is 13.6. The van der Waals surface area contributed by atoms with Gasteiger partial charge >= 0.3 is 11.9 Å². The molecule has 2 aromatic carbocycles. The van der Waals surface area contributed by atoms with Crippen LogP contribution in [0.4, 0.5) is 0 Å². The number of hydrogen-bond donors (Lipinski definition) is 4. The lowest BCUT2D eigenvalue weighted by atomic mass is 9.99. The van der Waals surface area contributed by atoms with Gasteiger partial charge in [0.05, 0.1) is 43.8 Å². The lowest BCUT2D eigenvalue weighted by Gasteiger charge is -2.37. The number of rotatable bonds is 16. The molecule has 64 heavy (non-hydrogen) atoms. The van der Waals surface area contributed by atoms with E-state index in [9.17, 15) is 43.8 Å². The number of aromatic nitrogens is 1. The third-order valence-corrected chi connectivity index (χ3v) is 12.1. The van der Waals surface area contributed by atoms with Crippen molar-refractivity contribution in [3.63, 3.8) is 0 Å². The third-order valence-electron chi connectivity index (χ3n) is 12.1. The van der Waals surface area contributed by atoms with E-state index in [1.807, 2.05) is 51.1 Å². The van der Waals surface area contributed by atoms with Crippen LogP contribution in [0.3, 0.4) is 0 Å². The van der Waals surface area contributed by atoms with Crippen LogP contribution in [0.2, 0.25) is 0 Å². The zero-order valence-electron chi connectivity index (χ0n) is 36.4. The number of hydrogen-bond acceptors (Lipinski definition) is 13. The minimum atomic E-state index is -0.985. The summed E-state index contributed by atoms with van der Waals surface area (Å²) in [5.41, 5.74) is 3.13. The van der Waals surface area contributed by atoms with E-state index in [0.29, 0.717) is 127 Å². The number of carbonyl (C=O) groups is 7. The molecule has 3 aromatic rings. The van der Waals surface area contributed by atoms with Gasteiger partial charge in [-0.25, -0.2) is 0 Å². The quantitative estimate of drug-likeness (QED) is 0.136. The average Bonchev–Trinajstić information content (AvgIpc) is 3.84. The molecule has 1 aromatic heterocycles. The predicted octanol–water partition coefficient (Wildman–Crippen LogP) is -0.282. The molecule has 0 spiro atoms. The number of pyridine rings is 1. The van der Waals surface area contributed by atoms with Gasteiger partial charge in [0.1, 0.15) is 6.29 Å². The number of aliphatic carboxylic acids is 2. The van der Waals surface area contributed by atoms with E-state index in [1.165, 1.54) is 0 Å². The van der Waals surface area contributed by atoms with Crippen molar-refractivity contribution in [2.24, 2.45) is 0 Å². The number of nitrogens with one attached hydrogen (secondary N) is 2. The van der Waals surface area contributed by atoms with Crippen LogP contribution in [0.1, 0.15) is 33.6 Å². The van der Waals surface area contributed by atoms with Gasteiger partial charge in [0.25, 0.3) is 11.8 Å². The molecule has 0 atom stereocenters. The van der Waals surface area contributed by atoms with Gasteiger partial charge in [0, 0.05) is 122 Å². The predicted molar refractivity (Wildman–Crippen MR) is 238 cm³/mol. The first-order valence-corrected chi connectivity index (χ1v) is 22.1. The van der Waals surface area contributed by atoms with E-state index in [2.05, 4.69) is 20.5 Å². The normalized spacial score (nSPS) is 17.9. The molecule has 0 bridgehead atoms. The molecule has 0 unspecified atom stereocenters. The Morgan fingerprint density at radius 2 is 1.17 bits per heavy atom. The molecule has 3 saturated heterocycles. The van der Waals surface area contributed by atoms with Gasteiger partial charge in [-0.3, -0.25) is 58.3 Å². The Hall–Kier alpha value is -5.86. The number of carboxylic acids is 2. The number of benzene rings is 2. The number of fused-ring (bicyclic) bond motifs is 1. The van der Waals surface area contributed by atoms with Crippen molar-refractivity contribution in [3.05, 3.63) is 65.9 Å². The zero-order chi connectivity index (χ0) is 45.4. The number of carboxylic acid groups (broad SMARTS) is 2. The Bertz CT molecular complexity index is 2120. The number of aldehydes is 1. The summed E-state index contributed by atoms with van der Waals surface area (Å²) < 4.78 is 0. The highest BCUT2D eigenvalue weighted by atomic mass is 16.4. The number of amides is 4. The SMILES string of the molecule is O=CCN1CCN(CC(=O)O)CCN(CC(=O)O)CCN(CC(=O)N2CCN(CCNC(=O)c3cccc(-c4ccc5nccc(C(=O)NCC(=O)N6CCCC6)c5c4)c3)CC2)CC1. The van der Waals surface area contributed by atoms with Crippen molar-refractivity contribution >= 4 is 52.8 Å². The van der Waals surface area contributed by atoms with Crippen molar-refractivity contribution in [2.45, 2.75) is 12.8 Å². The van der Waals surface area contributed by atoms with Gasteiger partial charge in [-0.2, -0.15) is 0 Å². The van der Waals surface area contributed by atoms with E-state index >= 15 is 0 Å². The largest absolute Gasteiger partial charge is 0.480 e. The molecule has 0 radical (unpaired) electrons. The molecule has 4 heterocycles. The summed E-state index contributed by atoms with van der Waals surface area (Å²) in [5.74, 6) is -2.67. The van der Waals surface area contributed by atoms with Crippen molar-refractivity contribution < 1.29 is 43.8 Å². The first kappa shape index (κ1) is 47.6. The summed E-state index contributed by atoms with van der Waals surface area (Å²) >= 11 is 0. The third kappa shape index (κ3) is 14.1. The van der Waals surface area contributed by atoms with Crippen LogP contribution in [-0.4, -0.2) is 229 Å². The fourth-order valence-electron chi connectivity index (χ4n) is 8.36. The minimum Gasteiger partial charge on any atom is -0.480 e. The van der Waals surface area contributed by atoms with Gasteiger partial charge in [-0.1, -0.05) is 18.2 Å². The molecule has 19 heteroatoms. The lowest BCUT2D eigenvalue weighted by molar-refractivity contribution is -0.140. The summed E-state index contributed by atoms with van der Waals surface area (Å²) in [6.07, 6.45) is 4.33. The first-order chi connectivity index (χ1) is 30.9. The van der Waals surface area contributed by atoms with Crippen molar-refractivity contribution in [2.75, 3.05) is 137 Å². The van der Waals surface area contributed by atoms with Gasteiger partial charge < -0.3 is 35.4 Å². The number of nitrogens with zero attached hydrogens (tertiary/aromatic N) is 8. The Balaban J connectivity index is 0.977. The van der Waals surface area contributed by atoms with E-state index in [-0.39, 0.29) is 56.4 Å². The molecule has 3 aliphatic rings. The maximum absolute atomic E-state index is 13.6. The number of likely N-dealkylation sites (tertiary alicyclic amines) is 1. The monoisotopic (exact) mass is 884 g/mol. The van der Waals surface area contributed by atoms with Gasteiger partial charge in [-0.15, -0.1) is 0 Å². The summed E-state index contributed by atoms with van der Waals surface area (Å²) in [6.45, 7) is 7.95. The van der Waals surface area contributed by atoms with E-state index in [1.54, 1.807) is 33.0 Å². The smallest absolute Gasteiger partial charge is 0.317 e. The number of piperazine rings is 1.